The molecule has 1 nitrogen and oxygen atoms in total. The molecule has 0 bridgehead atoms. The van der Waals surface area contributed by atoms with Crippen molar-refractivity contribution in [2.24, 2.45) is 0 Å². The molecule has 74 valence electrons. The van der Waals surface area contributed by atoms with E-state index in [1.807, 2.05) is 6.20 Å². The minimum Gasteiger partial charge on any atom is -0.361 e. The molecule has 0 spiro atoms. The van der Waals surface area contributed by atoms with Gasteiger partial charge >= 0.3 is 0 Å². The molecule has 1 heteroatoms. The molecule has 0 aliphatic rings. The number of fused-ring (bicyclic) bond motifs is 1. The molecule has 14 heavy (non-hydrogen) atoms. The summed E-state index contributed by atoms with van der Waals surface area (Å²) in [5, 5.41) is 1.39. The second kappa shape index (κ2) is 4.32. The molecule has 1 N–H and O–H groups in total. The Morgan fingerprint density at radius 1 is 1.14 bits per heavy atom. The maximum Gasteiger partial charge on any atom is 0.0456 e. The van der Waals surface area contributed by atoms with Crippen molar-refractivity contribution < 1.29 is 0 Å². The molecule has 0 saturated heterocycles. The number of nitrogens with one attached hydrogen (secondary N) is 1. The van der Waals surface area contributed by atoms with Gasteiger partial charge in [-0.05, 0) is 30.5 Å². The Kier molecular flexibility index (Phi) is 2.87. The third-order valence-corrected chi connectivity index (χ3v) is 2.73. The highest BCUT2D eigenvalue weighted by Gasteiger charge is 2.00. The number of hydrogen-bond donors (Lipinski definition) is 1. The van der Waals surface area contributed by atoms with E-state index in [1.54, 1.807) is 0 Å². The molecule has 0 aliphatic carbocycles. The third-order valence-electron chi connectivity index (χ3n) is 2.73. The van der Waals surface area contributed by atoms with Crippen molar-refractivity contribution in [3.8, 4) is 0 Å². The van der Waals surface area contributed by atoms with Crippen molar-refractivity contribution in [1.29, 1.82) is 0 Å². The van der Waals surface area contributed by atoms with Crippen LogP contribution in [0.2, 0.25) is 0 Å². The summed E-state index contributed by atoms with van der Waals surface area (Å²) >= 11 is 0. The van der Waals surface area contributed by atoms with E-state index in [1.165, 1.54) is 42.1 Å². The molecule has 0 aliphatic heterocycles. The Bertz CT molecular complexity index is 400. The van der Waals surface area contributed by atoms with Crippen molar-refractivity contribution in [1.82, 2.24) is 4.98 Å². The van der Waals surface area contributed by atoms with Crippen LogP contribution in [0.4, 0.5) is 0 Å². The van der Waals surface area contributed by atoms with Gasteiger partial charge in [-0.15, -0.1) is 0 Å². The van der Waals surface area contributed by atoms with Crippen LogP contribution >= 0.6 is 0 Å². The Morgan fingerprint density at radius 3 is 2.93 bits per heavy atom. The van der Waals surface area contributed by atoms with Crippen LogP contribution in [0.1, 0.15) is 31.7 Å². The standard InChI is InChI=1S/C13H17N/c1-2-3-4-6-11-7-5-8-13-12(11)9-10-14-13/h5,7-10,14H,2-4,6H2,1H3. The van der Waals surface area contributed by atoms with E-state index >= 15 is 0 Å². The van der Waals surface area contributed by atoms with E-state index in [-0.39, 0.29) is 0 Å². The average Bonchev–Trinajstić information content (AvgIpc) is 2.67. The molecule has 1 heterocycles. The van der Waals surface area contributed by atoms with Crippen molar-refractivity contribution in [2.75, 3.05) is 0 Å². The molecule has 0 unspecified atom stereocenters. The molecule has 0 saturated carbocycles. The predicted molar refractivity (Wildman–Crippen MR) is 61.5 cm³/mol. The Hall–Kier alpha value is -1.24. The van der Waals surface area contributed by atoms with Gasteiger partial charge in [-0.2, -0.15) is 0 Å². The zero-order valence-corrected chi connectivity index (χ0v) is 8.72. The second-order valence-corrected chi connectivity index (χ2v) is 3.81. The lowest BCUT2D eigenvalue weighted by atomic mass is 10.0. The van der Waals surface area contributed by atoms with E-state index < -0.39 is 0 Å². The summed E-state index contributed by atoms with van der Waals surface area (Å²) in [6.45, 7) is 2.25. The van der Waals surface area contributed by atoms with Gasteiger partial charge in [-0.3, -0.25) is 0 Å². The van der Waals surface area contributed by atoms with Crippen molar-refractivity contribution in [3.05, 3.63) is 36.0 Å². The van der Waals surface area contributed by atoms with Gasteiger partial charge in [0.2, 0.25) is 0 Å². The van der Waals surface area contributed by atoms with Crippen LogP contribution in [0.15, 0.2) is 30.5 Å². The van der Waals surface area contributed by atoms with Crippen LogP contribution in [-0.2, 0) is 6.42 Å². The van der Waals surface area contributed by atoms with Crippen LogP contribution in [0.5, 0.6) is 0 Å². The normalized spacial score (nSPS) is 10.9. The zero-order valence-electron chi connectivity index (χ0n) is 8.72. The number of H-pyrrole nitrogens is 1. The third kappa shape index (κ3) is 1.82. The Labute approximate surface area is 85.1 Å². The molecule has 1 aromatic carbocycles. The number of benzene rings is 1. The summed E-state index contributed by atoms with van der Waals surface area (Å²) in [6, 6.07) is 8.70. The molecular formula is C13H17N. The molecule has 0 atom stereocenters. The van der Waals surface area contributed by atoms with E-state index in [0.29, 0.717) is 0 Å². The summed E-state index contributed by atoms with van der Waals surface area (Å²) in [6.07, 6.45) is 7.17. The van der Waals surface area contributed by atoms with Crippen molar-refractivity contribution in [2.45, 2.75) is 32.6 Å². The fraction of sp³-hybridized carbons (Fsp3) is 0.385. The second-order valence-electron chi connectivity index (χ2n) is 3.81. The lowest BCUT2D eigenvalue weighted by Crippen LogP contribution is -1.85. The highest BCUT2D eigenvalue weighted by atomic mass is 14.7. The average molecular weight is 187 g/mol. The molecule has 0 amide bonds. The first-order chi connectivity index (χ1) is 6.92. The fourth-order valence-electron chi connectivity index (χ4n) is 1.93. The topological polar surface area (TPSA) is 15.8 Å². The largest absolute Gasteiger partial charge is 0.361 e. The highest BCUT2D eigenvalue weighted by molar-refractivity contribution is 5.82. The molecule has 0 radical (unpaired) electrons. The van der Waals surface area contributed by atoms with Gasteiger partial charge in [0.05, 0.1) is 0 Å². The van der Waals surface area contributed by atoms with E-state index in [2.05, 4.69) is 36.2 Å². The number of hydrogen-bond acceptors (Lipinski definition) is 0. The summed E-state index contributed by atoms with van der Waals surface area (Å²) in [5.41, 5.74) is 2.75. The summed E-state index contributed by atoms with van der Waals surface area (Å²) < 4.78 is 0. The molecule has 0 fully saturated rings. The number of rotatable bonds is 4. The predicted octanol–water partition coefficient (Wildman–Crippen LogP) is 3.90. The highest BCUT2D eigenvalue weighted by Crippen LogP contribution is 2.19. The Balaban J connectivity index is 2.19. The Morgan fingerprint density at radius 2 is 2.07 bits per heavy atom. The van der Waals surface area contributed by atoms with E-state index in [9.17, 15) is 0 Å². The minimum absolute atomic E-state index is 1.21. The smallest absolute Gasteiger partial charge is 0.0456 e. The molecule has 1 aromatic heterocycles. The number of aromatic nitrogens is 1. The van der Waals surface area contributed by atoms with E-state index in [4.69, 9.17) is 0 Å². The first-order valence-corrected chi connectivity index (χ1v) is 5.47. The van der Waals surface area contributed by atoms with Gasteiger partial charge in [0.15, 0.2) is 0 Å². The van der Waals surface area contributed by atoms with Gasteiger partial charge in [-0.25, -0.2) is 0 Å². The van der Waals surface area contributed by atoms with Gasteiger partial charge < -0.3 is 4.98 Å². The first kappa shape index (κ1) is 9.32. The van der Waals surface area contributed by atoms with Crippen LogP contribution < -0.4 is 0 Å². The number of unbranched alkanes of at least 4 members (excludes halogenated alkanes) is 2. The van der Waals surface area contributed by atoms with Crippen LogP contribution in [-0.4, -0.2) is 4.98 Å². The van der Waals surface area contributed by atoms with Crippen LogP contribution in [0.25, 0.3) is 10.9 Å². The van der Waals surface area contributed by atoms with Gasteiger partial charge in [0, 0.05) is 17.1 Å². The quantitative estimate of drug-likeness (QED) is 0.699. The number of aromatic amines is 1. The van der Waals surface area contributed by atoms with Gasteiger partial charge in [0.25, 0.3) is 0 Å². The lowest BCUT2D eigenvalue weighted by molar-refractivity contribution is 0.720. The monoisotopic (exact) mass is 187 g/mol. The van der Waals surface area contributed by atoms with Gasteiger partial charge in [0.1, 0.15) is 0 Å². The molecule has 2 aromatic rings. The van der Waals surface area contributed by atoms with E-state index in [0.717, 1.165) is 0 Å². The van der Waals surface area contributed by atoms with Crippen LogP contribution in [0, 0.1) is 0 Å². The maximum atomic E-state index is 3.25. The van der Waals surface area contributed by atoms with Crippen molar-refractivity contribution in [3.63, 3.8) is 0 Å². The van der Waals surface area contributed by atoms with Gasteiger partial charge in [-0.1, -0.05) is 31.9 Å². The van der Waals surface area contributed by atoms with Crippen LogP contribution in [0.3, 0.4) is 0 Å². The fourth-order valence-corrected chi connectivity index (χ4v) is 1.93. The van der Waals surface area contributed by atoms with Crippen molar-refractivity contribution >= 4 is 10.9 Å². The minimum atomic E-state index is 1.21. The summed E-state index contributed by atoms with van der Waals surface area (Å²) in [5.74, 6) is 0. The lowest BCUT2D eigenvalue weighted by Gasteiger charge is -2.02. The summed E-state index contributed by atoms with van der Waals surface area (Å²) in [4.78, 5) is 3.25. The number of aryl methyl sites for hydroxylation is 1. The zero-order chi connectivity index (χ0) is 9.80. The maximum absolute atomic E-state index is 3.25. The summed E-state index contributed by atoms with van der Waals surface area (Å²) in [7, 11) is 0. The molecule has 2 rings (SSSR count). The first-order valence-electron chi connectivity index (χ1n) is 5.47. The molecular weight excluding hydrogens is 170 g/mol. The SMILES string of the molecule is CCCCCc1cccc2[nH]ccc12.